The number of hydrogen-bond acceptors (Lipinski definition) is 3. The molecule has 0 saturated carbocycles. The smallest absolute Gasteiger partial charge is 0.211 e. The molecule has 118 valence electrons. The zero-order valence-corrected chi connectivity index (χ0v) is 13.0. The van der Waals surface area contributed by atoms with Crippen LogP contribution in [0.25, 0.3) is 0 Å². The fourth-order valence-corrected chi connectivity index (χ4v) is 3.46. The van der Waals surface area contributed by atoms with Crippen LogP contribution in [0.5, 0.6) is 0 Å². The summed E-state index contributed by atoms with van der Waals surface area (Å²) in [7, 11) is -3.13. The van der Waals surface area contributed by atoms with Gasteiger partial charge >= 0.3 is 0 Å². The second-order valence-electron chi connectivity index (χ2n) is 5.50. The summed E-state index contributed by atoms with van der Waals surface area (Å²) in [5.41, 5.74) is 0.680. The Bertz CT molecular complexity index is 599. The quantitative estimate of drug-likeness (QED) is 0.924. The second kappa shape index (κ2) is 6.37. The highest BCUT2D eigenvalue weighted by atomic mass is 32.2. The van der Waals surface area contributed by atoms with Crippen molar-refractivity contribution in [1.29, 1.82) is 0 Å². The first-order valence-electron chi connectivity index (χ1n) is 6.93. The van der Waals surface area contributed by atoms with E-state index in [1.54, 1.807) is 6.07 Å². The molecule has 0 spiro atoms. The van der Waals surface area contributed by atoms with Crippen LogP contribution in [0.4, 0.5) is 8.78 Å². The van der Waals surface area contributed by atoms with Crippen LogP contribution in [0.2, 0.25) is 0 Å². The normalized spacial score (nSPS) is 19.6. The SMILES string of the molecule is CC(NC1CCN(S(C)(=O)=O)CC1)c1ccc(F)c(F)c1. The van der Waals surface area contributed by atoms with Crippen molar-refractivity contribution in [3.63, 3.8) is 0 Å². The van der Waals surface area contributed by atoms with Gasteiger partial charge in [0.15, 0.2) is 11.6 Å². The van der Waals surface area contributed by atoms with Gasteiger partial charge in [0.05, 0.1) is 6.26 Å². The molecule has 1 atom stereocenters. The highest BCUT2D eigenvalue weighted by Gasteiger charge is 2.25. The van der Waals surface area contributed by atoms with Crippen LogP contribution in [0.1, 0.15) is 31.4 Å². The highest BCUT2D eigenvalue weighted by molar-refractivity contribution is 7.88. The third-order valence-electron chi connectivity index (χ3n) is 3.85. The Hall–Kier alpha value is -1.05. The number of piperidine rings is 1. The van der Waals surface area contributed by atoms with Gasteiger partial charge in [0.25, 0.3) is 0 Å². The lowest BCUT2D eigenvalue weighted by Gasteiger charge is -2.32. The predicted octanol–water partition coefficient (Wildman–Crippen LogP) is 2.04. The van der Waals surface area contributed by atoms with Gasteiger partial charge < -0.3 is 5.32 Å². The number of rotatable bonds is 4. The van der Waals surface area contributed by atoms with E-state index in [-0.39, 0.29) is 12.1 Å². The van der Waals surface area contributed by atoms with Crippen molar-refractivity contribution in [2.24, 2.45) is 0 Å². The first-order valence-corrected chi connectivity index (χ1v) is 8.78. The minimum absolute atomic E-state index is 0.116. The summed E-state index contributed by atoms with van der Waals surface area (Å²) in [5.74, 6) is -1.71. The lowest BCUT2D eigenvalue weighted by Crippen LogP contribution is -2.45. The van der Waals surface area contributed by atoms with E-state index in [2.05, 4.69) is 5.32 Å². The fraction of sp³-hybridized carbons (Fsp3) is 0.571. The van der Waals surface area contributed by atoms with E-state index < -0.39 is 21.7 Å². The molecule has 0 amide bonds. The van der Waals surface area contributed by atoms with Crippen LogP contribution >= 0.6 is 0 Å². The van der Waals surface area contributed by atoms with Gasteiger partial charge in [-0.2, -0.15) is 0 Å². The summed E-state index contributed by atoms with van der Waals surface area (Å²) in [5, 5.41) is 3.34. The molecular weight excluding hydrogens is 298 g/mol. The molecule has 1 fully saturated rings. The molecule has 1 aliphatic rings. The van der Waals surface area contributed by atoms with E-state index in [1.165, 1.54) is 16.6 Å². The maximum absolute atomic E-state index is 13.2. The Morgan fingerprint density at radius 3 is 2.38 bits per heavy atom. The molecule has 0 aromatic heterocycles. The number of hydrogen-bond donors (Lipinski definition) is 1. The van der Waals surface area contributed by atoms with E-state index in [1.807, 2.05) is 6.92 Å². The molecule has 1 unspecified atom stereocenters. The molecular formula is C14H20F2N2O2S. The third-order valence-corrected chi connectivity index (χ3v) is 5.16. The van der Waals surface area contributed by atoms with Gasteiger partial charge in [0, 0.05) is 25.2 Å². The number of nitrogens with one attached hydrogen (secondary N) is 1. The lowest BCUT2D eigenvalue weighted by molar-refractivity contribution is 0.278. The Labute approximate surface area is 124 Å². The van der Waals surface area contributed by atoms with Gasteiger partial charge in [-0.3, -0.25) is 0 Å². The Kier molecular flexibility index (Phi) is 4.95. The van der Waals surface area contributed by atoms with Crippen molar-refractivity contribution in [3.05, 3.63) is 35.4 Å². The van der Waals surface area contributed by atoms with Crippen molar-refractivity contribution in [1.82, 2.24) is 9.62 Å². The summed E-state index contributed by atoms with van der Waals surface area (Å²) in [6.07, 6.45) is 2.63. The molecule has 1 N–H and O–H groups in total. The van der Waals surface area contributed by atoms with E-state index in [4.69, 9.17) is 0 Å². The lowest BCUT2D eigenvalue weighted by atomic mass is 10.0. The van der Waals surface area contributed by atoms with E-state index >= 15 is 0 Å². The zero-order valence-electron chi connectivity index (χ0n) is 12.1. The maximum atomic E-state index is 13.2. The minimum atomic E-state index is -3.13. The number of sulfonamides is 1. The molecule has 1 aliphatic heterocycles. The first-order chi connectivity index (χ1) is 9.77. The van der Waals surface area contributed by atoms with Crippen molar-refractivity contribution in [2.75, 3.05) is 19.3 Å². The molecule has 2 rings (SSSR count). The average Bonchev–Trinajstić information content (AvgIpc) is 2.41. The molecule has 0 bridgehead atoms. The average molecular weight is 318 g/mol. The van der Waals surface area contributed by atoms with Gasteiger partial charge in [-0.25, -0.2) is 21.5 Å². The number of halogens is 2. The van der Waals surface area contributed by atoms with Gasteiger partial charge in [0.2, 0.25) is 10.0 Å². The standard InChI is InChI=1S/C14H20F2N2O2S/c1-10(11-3-4-13(15)14(16)9-11)17-12-5-7-18(8-6-12)21(2,19)20/h3-4,9-10,12,17H,5-8H2,1-2H3. The van der Waals surface area contributed by atoms with E-state index in [0.717, 1.165) is 6.07 Å². The van der Waals surface area contributed by atoms with Crippen LogP contribution in [0.15, 0.2) is 18.2 Å². The summed E-state index contributed by atoms with van der Waals surface area (Å²) in [6.45, 7) is 2.86. The molecule has 0 radical (unpaired) electrons. The Morgan fingerprint density at radius 1 is 1.24 bits per heavy atom. The highest BCUT2D eigenvalue weighted by Crippen LogP contribution is 2.20. The van der Waals surface area contributed by atoms with Gasteiger partial charge in [-0.15, -0.1) is 0 Å². The van der Waals surface area contributed by atoms with Gasteiger partial charge in [-0.05, 0) is 37.5 Å². The minimum Gasteiger partial charge on any atom is -0.307 e. The molecule has 1 aromatic carbocycles. The van der Waals surface area contributed by atoms with Crippen LogP contribution in [0.3, 0.4) is 0 Å². The number of benzene rings is 1. The van der Waals surface area contributed by atoms with Crippen molar-refractivity contribution in [2.45, 2.75) is 31.8 Å². The predicted molar refractivity (Wildman–Crippen MR) is 77.3 cm³/mol. The Balaban J connectivity index is 1.92. The van der Waals surface area contributed by atoms with Gasteiger partial charge in [0.1, 0.15) is 0 Å². The Morgan fingerprint density at radius 2 is 1.86 bits per heavy atom. The molecule has 21 heavy (non-hydrogen) atoms. The number of nitrogens with zero attached hydrogens (tertiary/aromatic N) is 1. The van der Waals surface area contributed by atoms with Crippen LogP contribution < -0.4 is 5.32 Å². The maximum Gasteiger partial charge on any atom is 0.211 e. The van der Waals surface area contributed by atoms with Crippen LogP contribution in [-0.4, -0.2) is 38.1 Å². The van der Waals surface area contributed by atoms with Crippen LogP contribution in [-0.2, 0) is 10.0 Å². The fourth-order valence-electron chi connectivity index (χ4n) is 2.59. The first kappa shape index (κ1) is 16.3. The van der Waals surface area contributed by atoms with E-state index in [9.17, 15) is 17.2 Å². The summed E-state index contributed by atoms with van der Waals surface area (Å²) in [6, 6.07) is 3.93. The van der Waals surface area contributed by atoms with Crippen molar-refractivity contribution in [3.8, 4) is 0 Å². The molecule has 4 nitrogen and oxygen atoms in total. The van der Waals surface area contributed by atoms with Crippen molar-refractivity contribution >= 4 is 10.0 Å². The summed E-state index contributed by atoms with van der Waals surface area (Å²) in [4.78, 5) is 0. The summed E-state index contributed by atoms with van der Waals surface area (Å²) >= 11 is 0. The monoisotopic (exact) mass is 318 g/mol. The molecule has 1 aromatic rings. The second-order valence-corrected chi connectivity index (χ2v) is 7.48. The molecule has 1 heterocycles. The van der Waals surface area contributed by atoms with Crippen molar-refractivity contribution < 1.29 is 17.2 Å². The van der Waals surface area contributed by atoms with Crippen LogP contribution in [0, 0.1) is 11.6 Å². The van der Waals surface area contributed by atoms with E-state index in [0.29, 0.717) is 31.5 Å². The molecule has 7 heteroatoms. The molecule has 1 saturated heterocycles. The van der Waals surface area contributed by atoms with Gasteiger partial charge in [-0.1, -0.05) is 6.07 Å². The zero-order chi connectivity index (χ0) is 15.6. The topological polar surface area (TPSA) is 49.4 Å². The molecule has 0 aliphatic carbocycles. The third kappa shape index (κ3) is 4.21. The summed E-state index contributed by atoms with van der Waals surface area (Å²) < 4.78 is 50.5. The largest absolute Gasteiger partial charge is 0.307 e.